The summed E-state index contributed by atoms with van der Waals surface area (Å²) in [5.74, 6) is -0.0549. The molecule has 1 aliphatic heterocycles. The van der Waals surface area contributed by atoms with E-state index in [4.69, 9.17) is 0 Å². The van der Waals surface area contributed by atoms with Gasteiger partial charge in [-0.2, -0.15) is 9.40 Å². The summed E-state index contributed by atoms with van der Waals surface area (Å²) in [4.78, 5) is 12.7. The van der Waals surface area contributed by atoms with Gasteiger partial charge in [0, 0.05) is 50.2 Å². The van der Waals surface area contributed by atoms with Crippen LogP contribution in [0.15, 0.2) is 66.3 Å². The Morgan fingerprint density at radius 2 is 1.85 bits per heavy atom. The standard InChI is InChI=1S/C22H22FN7O2S/c1-28-14-21(26-15-28)33(31,32)29-11-2-4-17(13-29)20-12-19(16-5-7-18(23)8-6-16)27-30(20)22-24-9-3-10-25-22/h3,5-10,12,14-15,17H,2,4,11,13H2,1H3. The highest BCUT2D eigenvalue weighted by Gasteiger charge is 2.34. The molecule has 33 heavy (non-hydrogen) atoms. The van der Waals surface area contributed by atoms with Crippen molar-refractivity contribution in [2.75, 3.05) is 13.1 Å². The van der Waals surface area contributed by atoms with Crippen molar-refractivity contribution >= 4 is 10.0 Å². The van der Waals surface area contributed by atoms with Gasteiger partial charge >= 0.3 is 0 Å². The molecule has 0 N–H and O–H groups in total. The van der Waals surface area contributed by atoms with E-state index in [-0.39, 0.29) is 16.8 Å². The van der Waals surface area contributed by atoms with Crippen molar-refractivity contribution in [3.05, 3.63) is 72.8 Å². The zero-order valence-electron chi connectivity index (χ0n) is 17.9. The van der Waals surface area contributed by atoms with Crippen LogP contribution in [-0.4, -0.2) is 55.1 Å². The number of rotatable bonds is 5. The van der Waals surface area contributed by atoms with Crippen molar-refractivity contribution in [1.82, 2.24) is 33.6 Å². The fourth-order valence-electron chi connectivity index (χ4n) is 4.07. The maximum Gasteiger partial charge on any atom is 0.262 e. The third-order valence-corrected chi connectivity index (χ3v) is 7.46. The maximum absolute atomic E-state index is 13.4. The Kier molecular flexibility index (Phi) is 5.51. The van der Waals surface area contributed by atoms with Crippen LogP contribution in [0.5, 0.6) is 0 Å². The SMILES string of the molecule is Cn1cnc(S(=O)(=O)N2CCCC(c3cc(-c4ccc(F)cc4)nn3-c3ncccn3)C2)c1. The number of aryl methyl sites for hydroxylation is 1. The minimum absolute atomic E-state index is 0.0394. The van der Waals surface area contributed by atoms with Gasteiger partial charge in [0.05, 0.1) is 17.7 Å². The quantitative estimate of drug-likeness (QED) is 0.448. The zero-order chi connectivity index (χ0) is 23.0. The van der Waals surface area contributed by atoms with Crippen LogP contribution in [0.25, 0.3) is 17.2 Å². The number of aromatic nitrogens is 6. The summed E-state index contributed by atoms with van der Waals surface area (Å²) >= 11 is 0. The fraction of sp³-hybridized carbons (Fsp3) is 0.273. The van der Waals surface area contributed by atoms with Crippen molar-refractivity contribution in [3.8, 4) is 17.2 Å². The molecule has 1 unspecified atom stereocenters. The van der Waals surface area contributed by atoms with Crippen molar-refractivity contribution in [2.45, 2.75) is 23.8 Å². The van der Waals surface area contributed by atoms with Gasteiger partial charge < -0.3 is 4.57 Å². The Morgan fingerprint density at radius 1 is 1.09 bits per heavy atom. The Morgan fingerprint density at radius 3 is 2.55 bits per heavy atom. The van der Waals surface area contributed by atoms with E-state index in [9.17, 15) is 12.8 Å². The molecule has 0 spiro atoms. The van der Waals surface area contributed by atoms with Gasteiger partial charge in [0.1, 0.15) is 5.82 Å². The average Bonchev–Trinajstić information content (AvgIpc) is 3.48. The number of halogens is 1. The van der Waals surface area contributed by atoms with Gasteiger partial charge in [0.25, 0.3) is 16.0 Å². The number of benzene rings is 1. The van der Waals surface area contributed by atoms with Crippen molar-refractivity contribution in [2.24, 2.45) is 7.05 Å². The van der Waals surface area contributed by atoms with Gasteiger partial charge in [-0.05, 0) is 49.2 Å². The van der Waals surface area contributed by atoms with Crippen LogP contribution in [0.1, 0.15) is 24.5 Å². The van der Waals surface area contributed by atoms with Gasteiger partial charge in [0.2, 0.25) is 0 Å². The number of nitrogens with zero attached hydrogens (tertiary/aromatic N) is 7. The summed E-state index contributed by atoms with van der Waals surface area (Å²) in [6.07, 6.45) is 7.73. The second-order valence-corrected chi connectivity index (χ2v) is 9.89. The van der Waals surface area contributed by atoms with Crippen LogP contribution in [-0.2, 0) is 17.1 Å². The molecule has 1 fully saturated rings. The Labute approximate surface area is 190 Å². The predicted molar refractivity (Wildman–Crippen MR) is 118 cm³/mol. The summed E-state index contributed by atoms with van der Waals surface area (Å²) in [6.45, 7) is 0.719. The Balaban J connectivity index is 1.53. The van der Waals surface area contributed by atoms with Crippen molar-refractivity contribution in [3.63, 3.8) is 0 Å². The van der Waals surface area contributed by atoms with E-state index in [2.05, 4.69) is 20.1 Å². The van der Waals surface area contributed by atoms with Crippen LogP contribution in [0.2, 0.25) is 0 Å². The van der Waals surface area contributed by atoms with Gasteiger partial charge in [-0.1, -0.05) is 0 Å². The monoisotopic (exact) mass is 467 g/mol. The highest BCUT2D eigenvalue weighted by molar-refractivity contribution is 7.89. The van der Waals surface area contributed by atoms with E-state index < -0.39 is 10.0 Å². The normalized spacial score (nSPS) is 17.3. The van der Waals surface area contributed by atoms with E-state index in [1.807, 2.05) is 6.07 Å². The number of sulfonamides is 1. The molecule has 0 radical (unpaired) electrons. The summed E-state index contributed by atoms with van der Waals surface area (Å²) in [5.41, 5.74) is 2.20. The summed E-state index contributed by atoms with van der Waals surface area (Å²) < 4.78 is 44.5. The molecule has 3 aromatic heterocycles. The van der Waals surface area contributed by atoms with Crippen LogP contribution < -0.4 is 0 Å². The van der Waals surface area contributed by atoms with Crippen LogP contribution >= 0.6 is 0 Å². The molecular formula is C22H22FN7O2S. The number of hydrogen-bond donors (Lipinski definition) is 0. The molecule has 170 valence electrons. The largest absolute Gasteiger partial charge is 0.339 e. The van der Waals surface area contributed by atoms with Gasteiger partial charge in [-0.3, -0.25) is 0 Å². The molecule has 1 aromatic carbocycles. The van der Waals surface area contributed by atoms with Crippen molar-refractivity contribution < 1.29 is 12.8 Å². The maximum atomic E-state index is 13.4. The first kappa shape index (κ1) is 21.4. The smallest absolute Gasteiger partial charge is 0.262 e. The molecule has 4 heterocycles. The molecule has 4 aromatic rings. The van der Waals surface area contributed by atoms with Crippen LogP contribution in [0.4, 0.5) is 4.39 Å². The highest BCUT2D eigenvalue weighted by Crippen LogP contribution is 2.33. The first-order chi connectivity index (χ1) is 15.9. The minimum Gasteiger partial charge on any atom is -0.339 e. The fourth-order valence-corrected chi connectivity index (χ4v) is 5.56. The lowest BCUT2D eigenvalue weighted by Gasteiger charge is -2.31. The highest BCUT2D eigenvalue weighted by atomic mass is 32.2. The molecule has 0 saturated carbocycles. The number of hydrogen-bond acceptors (Lipinski definition) is 6. The zero-order valence-corrected chi connectivity index (χ0v) is 18.7. The van der Waals surface area contributed by atoms with Crippen LogP contribution in [0.3, 0.4) is 0 Å². The average molecular weight is 468 g/mol. The van der Waals surface area contributed by atoms with Crippen molar-refractivity contribution in [1.29, 1.82) is 0 Å². The van der Waals surface area contributed by atoms with Gasteiger partial charge in [0.15, 0.2) is 5.03 Å². The molecule has 1 atom stereocenters. The van der Waals surface area contributed by atoms with E-state index in [0.29, 0.717) is 31.2 Å². The van der Waals surface area contributed by atoms with Crippen LogP contribution in [0, 0.1) is 5.82 Å². The summed E-state index contributed by atoms with van der Waals surface area (Å²) in [7, 11) is -1.97. The molecule has 1 saturated heterocycles. The number of imidazole rings is 1. The Bertz CT molecular complexity index is 1370. The third-order valence-electron chi connectivity index (χ3n) is 5.71. The van der Waals surface area contributed by atoms with E-state index in [1.54, 1.807) is 46.9 Å². The third kappa shape index (κ3) is 4.16. The lowest BCUT2D eigenvalue weighted by Crippen LogP contribution is -2.39. The lowest BCUT2D eigenvalue weighted by molar-refractivity contribution is 0.309. The second kappa shape index (κ2) is 8.49. The van der Waals surface area contributed by atoms with Gasteiger partial charge in [-0.15, -0.1) is 0 Å². The number of piperidine rings is 1. The van der Waals surface area contributed by atoms with Gasteiger partial charge in [-0.25, -0.2) is 32.4 Å². The molecular weight excluding hydrogens is 445 g/mol. The first-order valence-electron chi connectivity index (χ1n) is 10.5. The minimum atomic E-state index is -3.71. The molecule has 5 rings (SSSR count). The molecule has 1 aliphatic rings. The molecule has 0 amide bonds. The summed E-state index contributed by atoms with van der Waals surface area (Å²) in [6, 6.07) is 9.72. The molecule has 0 aliphatic carbocycles. The first-order valence-corrected chi connectivity index (χ1v) is 12.0. The predicted octanol–water partition coefficient (Wildman–Crippen LogP) is 2.77. The van der Waals surface area contributed by atoms with E-state index >= 15 is 0 Å². The molecule has 0 bridgehead atoms. The topological polar surface area (TPSA) is 98.8 Å². The second-order valence-electron chi connectivity index (χ2n) is 8.00. The van der Waals surface area contributed by atoms with E-state index in [1.165, 1.54) is 29.0 Å². The lowest BCUT2D eigenvalue weighted by atomic mass is 9.95. The molecule has 9 nitrogen and oxygen atoms in total. The molecule has 11 heteroatoms. The summed E-state index contributed by atoms with van der Waals surface area (Å²) in [5, 5.41) is 4.73. The van der Waals surface area contributed by atoms with E-state index in [0.717, 1.165) is 17.7 Å². The Hall–Kier alpha value is -3.44.